The van der Waals surface area contributed by atoms with Gasteiger partial charge in [-0.15, -0.1) is 0 Å². The van der Waals surface area contributed by atoms with Gasteiger partial charge in [-0.3, -0.25) is 4.98 Å². The third kappa shape index (κ3) is 3.55. The smallest absolute Gasteiger partial charge is 0.153 e. The summed E-state index contributed by atoms with van der Waals surface area (Å²) >= 11 is 0. The molecule has 4 aromatic rings. The van der Waals surface area contributed by atoms with Crippen molar-refractivity contribution in [3.05, 3.63) is 96.2 Å². The van der Waals surface area contributed by atoms with Gasteiger partial charge in [-0.25, -0.2) is 0 Å². The van der Waals surface area contributed by atoms with Crippen LogP contribution in [0.4, 0.5) is 0 Å². The van der Waals surface area contributed by atoms with Gasteiger partial charge in [-0.05, 0) is 35.7 Å². The third-order valence-corrected chi connectivity index (χ3v) is 4.66. The van der Waals surface area contributed by atoms with E-state index in [1.807, 2.05) is 78.9 Å². The van der Waals surface area contributed by atoms with Crippen molar-refractivity contribution in [3.8, 4) is 16.9 Å². The van der Waals surface area contributed by atoms with Gasteiger partial charge in [0.05, 0.1) is 6.10 Å². The number of aromatic nitrogens is 1. The van der Waals surface area contributed by atoms with Crippen LogP contribution in [0.2, 0.25) is 0 Å². The SMILES string of the molecule is CC(O)c1ccccc1-c1ccc2cccnc2c1OCc1ccccc1. The molecule has 1 aromatic heterocycles. The number of nitrogens with zero attached hydrogens (tertiary/aromatic N) is 1. The van der Waals surface area contributed by atoms with Gasteiger partial charge >= 0.3 is 0 Å². The van der Waals surface area contributed by atoms with Crippen molar-refractivity contribution in [2.45, 2.75) is 19.6 Å². The molecular weight excluding hydrogens is 334 g/mol. The molecule has 3 nitrogen and oxygen atoms in total. The molecule has 0 spiro atoms. The van der Waals surface area contributed by atoms with Crippen LogP contribution in [-0.2, 0) is 6.61 Å². The van der Waals surface area contributed by atoms with Crippen molar-refractivity contribution in [1.82, 2.24) is 4.98 Å². The number of ether oxygens (including phenoxy) is 1. The van der Waals surface area contributed by atoms with E-state index in [0.29, 0.717) is 6.61 Å². The van der Waals surface area contributed by atoms with Crippen LogP contribution in [0.3, 0.4) is 0 Å². The van der Waals surface area contributed by atoms with Crippen LogP contribution in [0.5, 0.6) is 5.75 Å². The zero-order chi connectivity index (χ0) is 18.6. The molecule has 0 aliphatic rings. The van der Waals surface area contributed by atoms with E-state index in [1.165, 1.54) is 0 Å². The fraction of sp³-hybridized carbons (Fsp3) is 0.125. The number of benzene rings is 3. The topological polar surface area (TPSA) is 42.4 Å². The number of aliphatic hydroxyl groups is 1. The monoisotopic (exact) mass is 355 g/mol. The molecule has 1 atom stereocenters. The summed E-state index contributed by atoms with van der Waals surface area (Å²) in [5.74, 6) is 0.741. The van der Waals surface area contributed by atoms with E-state index in [-0.39, 0.29) is 0 Å². The Morgan fingerprint density at radius 1 is 0.852 bits per heavy atom. The van der Waals surface area contributed by atoms with Gasteiger partial charge in [0.15, 0.2) is 5.75 Å². The molecule has 0 saturated carbocycles. The highest BCUT2D eigenvalue weighted by Crippen LogP contribution is 2.39. The first-order valence-electron chi connectivity index (χ1n) is 9.06. The van der Waals surface area contributed by atoms with E-state index in [9.17, 15) is 5.11 Å². The van der Waals surface area contributed by atoms with Crippen LogP contribution < -0.4 is 4.74 Å². The summed E-state index contributed by atoms with van der Waals surface area (Å²) in [6.45, 7) is 2.24. The third-order valence-electron chi connectivity index (χ3n) is 4.66. The summed E-state index contributed by atoms with van der Waals surface area (Å²) < 4.78 is 6.28. The number of rotatable bonds is 5. The maximum absolute atomic E-state index is 10.2. The van der Waals surface area contributed by atoms with Crippen LogP contribution in [-0.4, -0.2) is 10.1 Å². The van der Waals surface area contributed by atoms with Gasteiger partial charge in [0.25, 0.3) is 0 Å². The Morgan fingerprint density at radius 3 is 2.44 bits per heavy atom. The van der Waals surface area contributed by atoms with Gasteiger partial charge in [0.1, 0.15) is 12.1 Å². The Kier molecular flexibility index (Phi) is 4.86. The second-order valence-electron chi connectivity index (χ2n) is 6.55. The van der Waals surface area contributed by atoms with Crippen molar-refractivity contribution >= 4 is 10.9 Å². The van der Waals surface area contributed by atoms with Crippen LogP contribution >= 0.6 is 0 Å². The first-order chi connectivity index (χ1) is 13.2. The Labute approximate surface area is 158 Å². The first-order valence-corrected chi connectivity index (χ1v) is 9.06. The van der Waals surface area contributed by atoms with Gasteiger partial charge in [-0.2, -0.15) is 0 Å². The minimum Gasteiger partial charge on any atom is -0.486 e. The number of fused-ring (bicyclic) bond motifs is 1. The minimum absolute atomic E-state index is 0.459. The maximum atomic E-state index is 10.2. The molecule has 27 heavy (non-hydrogen) atoms. The molecular formula is C24H21NO2. The summed E-state index contributed by atoms with van der Waals surface area (Å²) in [5.41, 5.74) is 4.70. The largest absolute Gasteiger partial charge is 0.486 e. The highest BCUT2D eigenvalue weighted by Gasteiger charge is 2.16. The van der Waals surface area contributed by atoms with Crippen LogP contribution in [0.25, 0.3) is 22.0 Å². The number of aliphatic hydroxyl groups excluding tert-OH is 1. The van der Waals surface area contributed by atoms with E-state index >= 15 is 0 Å². The normalized spacial score (nSPS) is 12.1. The molecule has 134 valence electrons. The average molecular weight is 355 g/mol. The van der Waals surface area contributed by atoms with Gasteiger partial charge < -0.3 is 9.84 Å². The molecule has 0 aliphatic heterocycles. The maximum Gasteiger partial charge on any atom is 0.153 e. The van der Waals surface area contributed by atoms with Gasteiger partial charge in [0.2, 0.25) is 0 Å². The van der Waals surface area contributed by atoms with Crippen molar-refractivity contribution in [2.24, 2.45) is 0 Å². The van der Waals surface area contributed by atoms with E-state index in [4.69, 9.17) is 4.74 Å². The lowest BCUT2D eigenvalue weighted by molar-refractivity contribution is 0.200. The Bertz CT molecular complexity index is 1060. The van der Waals surface area contributed by atoms with Crippen LogP contribution in [0.15, 0.2) is 85.1 Å². The molecule has 0 radical (unpaired) electrons. The van der Waals surface area contributed by atoms with Crippen molar-refractivity contribution in [3.63, 3.8) is 0 Å². The summed E-state index contributed by atoms with van der Waals surface area (Å²) in [6, 6.07) is 26.0. The Morgan fingerprint density at radius 2 is 1.63 bits per heavy atom. The number of hydrogen-bond donors (Lipinski definition) is 1. The Hall–Kier alpha value is -3.17. The molecule has 1 heterocycles. The molecule has 3 aromatic carbocycles. The average Bonchev–Trinajstić information content (AvgIpc) is 2.72. The van der Waals surface area contributed by atoms with E-state index in [1.54, 1.807) is 13.1 Å². The van der Waals surface area contributed by atoms with E-state index < -0.39 is 6.10 Å². The molecule has 0 saturated heterocycles. The Balaban J connectivity index is 1.86. The molecule has 4 rings (SSSR count). The molecule has 0 bridgehead atoms. The highest BCUT2D eigenvalue weighted by molar-refractivity contribution is 5.92. The summed E-state index contributed by atoms with van der Waals surface area (Å²) in [4.78, 5) is 4.57. The van der Waals surface area contributed by atoms with Crippen molar-refractivity contribution in [1.29, 1.82) is 0 Å². The van der Waals surface area contributed by atoms with Gasteiger partial charge in [-0.1, -0.05) is 66.7 Å². The lowest BCUT2D eigenvalue weighted by atomic mass is 9.95. The predicted molar refractivity (Wildman–Crippen MR) is 109 cm³/mol. The molecule has 0 aliphatic carbocycles. The second-order valence-corrected chi connectivity index (χ2v) is 6.55. The van der Waals surface area contributed by atoms with E-state index in [2.05, 4.69) is 4.98 Å². The highest BCUT2D eigenvalue weighted by atomic mass is 16.5. The lowest BCUT2D eigenvalue weighted by Gasteiger charge is -2.17. The predicted octanol–water partition coefficient (Wildman–Crippen LogP) is 5.53. The molecule has 3 heteroatoms. The van der Waals surface area contributed by atoms with Crippen molar-refractivity contribution in [2.75, 3.05) is 0 Å². The molecule has 0 fully saturated rings. The summed E-state index contributed by atoms with van der Waals surface area (Å²) in [6.07, 6.45) is 1.21. The molecule has 1 unspecified atom stereocenters. The summed E-state index contributed by atoms with van der Waals surface area (Å²) in [5, 5.41) is 11.2. The minimum atomic E-state index is -0.567. The quantitative estimate of drug-likeness (QED) is 0.511. The molecule has 0 amide bonds. The standard InChI is InChI=1S/C24H21NO2/c1-17(26)20-11-5-6-12-21(20)22-14-13-19-10-7-15-25-23(19)24(22)27-16-18-8-3-2-4-9-18/h2-15,17,26H,16H2,1H3. The fourth-order valence-electron chi connectivity index (χ4n) is 3.31. The lowest BCUT2D eigenvalue weighted by Crippen LogP contribution is -2.01. The first kappa shape index (κ1) is 17.3. The second kappa shape index (κ2) is 7.60. The summed E-state index contributed by atoms with van der Waals surface area (Å²) in [7, 11) is 0. The zero-order valence-corrected chi connectivity index (χ0v) is 15.2. The van der Waals surface area contributed by atoms with E-state index in [0.717, 1.165) is 38.9 Å². The van der Waals surface area contributed by atoms with Crippen LogP contribution in [0.1, 0.15) is 24.2 Å². The van der Waals surface area contributed by atoms with Crippen LogP contribution in [0, 0.1) is 0 Å². The number of hydrogen-bond acceptors (Lipinski definition) is 3. The zero-order valence-electron chi connectivity index (χ0n) is 15.2. The van der Waals surface area contributed by atoms with Gasteiger partial charge in [0, 0.05) is 17.1 Å². The van der Waals surface area contributed by atoms with Crippen molar-refractivity contribution < 1.29 is 9.84 Å². The fourth-order valence-corrected chi connectivity index (χ4v) is 3.31. The molecule has 1 N–H and O–H groups in total. The number of pyridine rings is 1.